The standard InChI is InChI=1S/C11H15NO/c1-9-5-3-6-10-11(9)13-8-4-7-12(10)2/h3,5-6H,4,7-8H2,1-2H3. The zero-order chi connectivity index (χ0) is 9.26. The summed E-state index contributed by atoms with van der Waals surface area (Å²) < 4.78 is 5.71. The van der Waals surface area contributed by atoms with Crippen LogP contribution in [0.5, 0.6) is 5.75 Å². The number of fused-ring (bicyclic) bond motifs is 1. The van der Waals surface area contributed by atoms with Gasteiger partial charge in [0.25, 0.3) is 0 Å². The van der Waals surface area contributed by atoms with Crippen molar-refractivity contribution < 1.29 is 4.74 Å². The molecule has 1 aromatic carbocycles. The molecule has 1 heterocycles. The van der Waals surface area contributed by atoms with E-state index in [4.69, 9.17) is 4.74 Å². The summed E-state index contributed by atoms with van der Waals surface area (Å²) in [4.78, 5) is 2.26. The number of rotatable bonds is 0. The molecule has 2 heteroatoms. The summed E-state index contributed by atoms with van der Waals surface area (Å²) in [7, 11) is 2.12. The van der Waals surface area contributed by atoms with Gasteiger partial charge in [-0.1, -0.05) is 12.1 Å². The lowest BCUT2D eigenvalue weighted by atomic mass is 10.2. The predicted molar refractivity (Wildman–Crippen MR) is 54.6 cm³/mol. The number of ether oxygens (including phenoxy) is 1. The van der Waals surface area contributed by atoms with E-state index in [1.54, 1.807) is 0 Å². The van der Waals surface area contributed by atoms with E-state index in [0.29, 0.717) is 0 Å². The molecule has 0 bridgehead atoms. The molecule has 13 heavy (non-hydrogen) atoms. The molecule has 1 aliphatic rings. The van der Waals surface area contributed by atoms with Crippen molar-refractivity contribution in [1.29, 1.82) is 0 Å². The lowest BCUT2D eigenvalue weighted by molar-refractivity contribution is 0.320. The average molecular weight is 177 g/mol. The van der Waals surface area contributed by atoms with Crippen LogP contribution in [0.25, 0.3) is 0 Å². The van der Waals surface area contributed by atoms with Gasteiger partial charge in [0.05, 0.1) is 12.3 Å². The molecule has 1 aliphatic heterocycles. The predicted octanol–water partition coefficient (Wildman–Crippen LogP) is 2.21. The van der Waals surface area contributed by atoms with Crippen molar-refractivity contribution in [3.63, 3.8) is 0 Å². The number of benzene rings is 1. The van der Waals surface area contributed by atoms with Gasteiger partial charge in [0.1, 0.15) is 5.75 Å². The molecule has 0 unspecified atom stereocenters. The molecule has 0 aliphatic carbocycles. The summed E-state index contributed by atoms with van der Waals surface area (Å²) in [5.74, 6) is 1.06. The SMILES string of the molecule is Cc1cccc2c1OCCCN2C. The normalized spacial score (nSPS) is 16.0. The molecule has 0 saturated carbocycles. The minimum atomic E-state index is 0.836. The Balaban J connectivity index is 2.47. The molecular weight excluding hydrogens is 162 g/mol. The van der Waals surface area contributed by atoms with Gasteiger partial charge in [-0.05, 0) is 25.0 Å². The molecule has 0 amide bonds. The molecule has 0 N–H and O–H groups in total. The first kappa shape index (κ1) is 8.42. The fraction of sp³-hybridized carbons (Fsp3) is 0.455. The smallest absolute Gasteiger partial charge is 0.145 e. The molecule has 1 aromatic rings. The molecule has 0 radical (unpaired) electrons. The van der Waals surface area contributed by atoms with Crippen LogP contribution in [0.1, 0.15) is 12.0 Å². The van der Waals surface area contributed by atoms with Crippen LogP contribution in [0.15, 0.2) is 18.2 Å². The van der Waals surface area contributed by atoms with Crippen LogP contribution in [0.2, 0.25) is 0 Å². The maximum Gasteiger partial charge on any atom is 0.145 e. The fourth-order valence-corrected chi connectivity index (χ4v) is 1.72. The van der Waals surface area contributed by atoms with Crippen LogP contribution < -0.4 is 9.64 Å². The zero-order valence-corrected chi connectivity index (χ0v) is 8.21. The summed E-state index contributed by atoms with van der Waals surface area (Å²) in [6, 6.07) is 6.30. The third-order valence-electron chi connectivity index (χ3n) is 2.49. The molecule has 2 nitrogen and oxygen atoms in total. The Morgan fingerprint density at radius 3 is 3.08 bits per heavy atom. The van der Waals surface area contributed by atoms with Crippen LogP contribution in [-0.2, 0) is 0 Å². The van der Waals surface area contributed by atoms with E-state index in [2.05, 4.69) is 37.1 Å². The first-order valence-electron chi connectivity index (χ1n) is 4.72. The summed E-state index contributed by atoms with van der Waals surface area (Å²) in [6.07, 6.45) is 1.10. The van der Waals surface area contributed by atoms with E-state index >= 15 is 0 Å². The van der Waals surface area contributed by atoms with E-state index in [1.807, 2.05) is 0 Å². The lowest BCUT2D eigenvalue weighted by Crippen LogP contribution is -2.17. The van der Waals surface area contributed by atoms with Crippen molar-refractivity contribution in [2.45, 2.75) is 13.3 Å². The van der Waals surface area contributed by atoms with Crippen molar-refractivity contribution in [3.8, 4) is 5.75 Å². The van der Waals surface area contributed by atoms with Crippen LogP contribution in [0.3, 0.4) is 0 Å². The second kappa shape index (κ2) is 3.29. The van der Waals surface area contributed by atoms with E-state index in [-0.39, 0.29) is 0 Å². The van der Waals surface area contributed by atoms with Gasteiger partial charge in [0, 0.05) is 13.6 Å². The van der Waals surface area contributed by atoms with Crippen molar-refractivity contribution in [1.82, 2.24) is 0 Å². The van der Waals surface area contributed by atoms with Gasteiger partial charge in [-0.15, -0.1) is 0 Å². The lowest BCUT2D eigenvalue weighted by Gasteiger charge is -2.18. The van der Waals surface area contributed by atoms with Crippen molar-refractivity contribution in [2.75, 3.05) is 25.1 Å². The first-order valence-corrected chi connectivity index (χ1v) is 4.72. The minimum Gasteiger partial charge on any atom is -0.491 e. The number of para-hydroxylation sites is 1. The highest BCUT2D eigenvalue weighted by Gasteiger charge is 2.13. The maximum absolute atomic E-state index is 5.71. The Morgan fingerprint density at radius 1 is 1.38 bits per heavy atom. The highest BCUT2D eigenvalue weighted by atomic mass is 16.5. The Morgan fingerprint density at radius 2 is 2.23 bits per heavy atom. The molecular formula is C11H15NO. The van der Waals surface area contributed by atoms with Gasteiger partial charge in [0.2, 0.25) is 0 Å². The minimum absolute atomic E-state index is 0.836. The van der Waals surface area contributed by atoms with E-state index in [1.165, 1.54) is 11.3 Å². The second-order valence-corrected chi connectivity index (χ2v) is 3.55. The Hall–Kier alpha value is -1.18. The van der Waals surface area contributed by atoms with Gasteiger partial charge in [-0.3, -0.25) is 0 Å². The molecule has 70 valence electrons. The van der Waals surface area contributed by atoms with E-state index in [9.17, 15) is 0 Å². The fourth-order valence-electron chi connectivity index (χ4n) is 1.72. The highest BCUT2D eigenvalue weighted by Crippen LogP contribution is 2.32. The third kappa shape index (κ3) is 1.48. The molecule has 0 atom stereocenters. The maximum atomic E-state index is 5.71. The van der Waals surface area contributed by atoms with Gasteiger partial charge in [-0.2, -0.15) is 0 Å². The van der Waals surface area contributed by atoms with Crippen LogP contribution >= 0.6 is 0 Å². The highest BCUT2D eigenvalue weighted by molar-refractivity contribution is 5.61. The number of hydrogen-bond acceptors (Lipinski definition) is 2. The summed E-state index contributed by atoms with van der Waals surface area (Å²) in [5.41, 5.74) is 2.45. The number of anilines is 1. The first-order chi connectivity index (χ1) is 6.29. The molecule has 0 saturated heterocycles. The van der Waals surface area contributed by atoms with Gasteiger partial charge < -0.3 is 9.64 Å². The monoisotopic (exact) mass is 177 g/mol. The van der Waals surface area contributed by atoms with Crippen LogP contribution in [-0.4, -0.2) is 20.2 Å². The van der Waals surface area contributed by atoms with Crippen molar-refractivity contribution in [3.05, 3.63) is 23.8 Å². The molecule has 0 aromatic heterocycles. The zero-order valence-electron chi connectivity index (χ0n) is 8.21. The van der Waals surface area contributed by atoms with Gasteiger partial charge >= 0.3 is 0 Å². The Kier molecular flexibility index (Phi) is 2.13. The number of aryl methyl sites for hydroxylation is 1. The Labute approximate surface area is 79.1 Å². The quantitative estimate of drug-likeness (QED) is 0.602. The number of nitrogens with zero attached hydrogens (tertiary/aromatic N) is 1. The topological polar surface area (TPSA) is 12.5 Å². The summed E-state index contributed by atoms with van der Waals surface area (Å²) in [5, 5.41) is 0. The van der Waals surface area contributed by atoms with Gasteiger partial charge in [0.15, 0.2) is 0 Å². The third-order valence-corrected chi connectivity index (χ3v) is 2.49. The van der Waals surface area contributed by atoms with Crippen LogP contribution in [0, 0.1) is 6.92 Å². The summed E-state index contributed by atoms with van der Waals surface area (Å²) in [6.45, 7) is 4.01. The molecule has 2 rings (SSSR count). The average Bonchev–Trinajstić information content (AvgIpc) is 2.30. The van der Waals surface area contributed by atoms with Crippen molar-refractivity contribution in [2.24, 2.45) is 0 Å². The van der Waals surface area contributed by atoms with E-state index in [0.717, 1.165) is 25.3 Å². The summed E-state index contributed by atoms with van der Waals surface area (Å²) >= 11 is 0. The molecule has 0 spiro atoms. The largest absolute Gasteiger partial charge is 0.491 e. The number of hydrogen-bond donors (Lipinski definition) is 0. The van der Waals surface area contributed by atoms with Crippen LogP contribution in [0.4, 0.5) is 5.69 Å². The van der Waals surface area contributed by atoms with E-state index < -0.39 is 0 Å². The molecule has 0 fully saturated rings. The van der Waals surface area contributed by atoms with Gasteiger partial charge in [-0.25, -0.2) is 0 Å². The Bertz CT molecular complexity index is 309. The second-order valence-electron chi connectivity index (χ2n) is 3.55. The van der Waals surface area contributed by atoms with Crippen molar-refractivity contribution >= 4 is 5.69 Å².